The van der Waals surface area contributed by atoms with Gasteiger partial charge < -0.3 is 15.3 Å². The van der Waals surface area contributed by atoms with Gasteiger partial charge in [0.15, 0.2) is 0 Å². The smallest absolute Gasteiger partial charge is 0.136 e. The average Bonchev–Trinajstić information content (AvgIpc) is 2.83. The predicted molar refractivity (Wildman–Crippen MR) is 86.0 cm³/mol. The molecule has 0 amide bonds. The van der Waals surface area contributed by atoms with Crippen molar-refractivity contribution in [1.29, 1.82) is 0 Å². The van der Waals surface area contributed by atoms with E-state index in [2.05, 4.69) is 17.1 Å². The highest BCUT2D eigenvalue weighted by molar-refractivity contribution is 5.54. The molecule has 0 radical (unpaired) electrons. The predicted octanol–water partition coefficient (Wildman–Crippen LogP) is 1.72. The van der Waals surface area contributed by atoms with Crippen LogP contribution in [-0.2, 0) is 6.54 Å². The molecule has 0 bridgehead atoms. The molecule has 0 spiro atoms. The maximum atomic E-state index is 9.25. The van der Waals surface area contributed by atoms with Gasteiger partial charge in [-0.15, -0.1) is 0 Å². The summed E-state index contributed by atoms with van der Waals surface area (Å²) in [7, 11) is 1.99. The molecule has 0 saturated carbocycles. The third-order valence-electron chi connectivity index (χ3n) is 3.51. The fourth-order valence-corrected chi connectivity index (χ4v) is 2.40. The van der Waals surface area contributed by atoms with Gasteiger partial charge >= 0.3 is 0 Å². The lowest BCUT2D eigenvalue weighted by Gasteiger charge is -2.21. The van der Waals surface area contributed by atoms with Gasteiger partial charge in [-0.1, -0.05) is 25.1 Å². The van der Waals surface area contributed by atoms with E-state index in [1.807, 2.05) is 49.0 Å². The molecule has 5 heteroatoms. The van der Waals surface area contributed by atoms with Crippen LogP contribution < -0.4 is 10.2 Å². The third-order valence-corrected chi connectivity index (χ3v) is 3.51. The molecule has 21 heavy (non-hydrogen) atoms. The Morgan fingerprint density at radius 1 is 1.29 bits per heavy atom. The Balaban J connectivity index is 2.49. The largest absolute Gasteiger partial charge is 0.395 e. The van der Waals surface area contributed by atoms with Gasteiger partial charge in [-0.3, -0.25) is 0 Å². The lowest BCUT2D eigenvalue weighted by Crippen LogP contribution is -2.26. The highest BCUT2D eigenvalue weighted by Crippen LogP contribution is 2.26. The van der Waals surface area contributed by atoms with Crippen LogP contribution in [0.4, 0.5) is 5.82 Å². The number of aliphatic hydroxyl groups excluding tert-OH is 1. The zero-order valence-corrected chi connectivity index (χ0v) is 13.0. The van der Waals surface area contributed by atoms with Crippen LogP contribution in [0.5, 0.6) is 0 Å². The Bertz CT molecular complexity index is 565. The normalized spacial score (nSPS) is 10.9. The Morgan fingerprint density at radius 2 is 2.00 bits per heavy atom. The number of para-hydroxylation sites is 1. The van der Waals surface area contributed by atoms with Crippen molar-refractivity contribution in [2.45, 2.75) is 20.4 Å². The molecule has 114 valence electrons. The molecule has 0 atom stereocenters. The molecule has 0 fully saturated rings. The Hall–Kier alpha value is -1.85. The van der Waals surface area contributed by atoms with Crippen LogP contribution in [0, 0.1) is 6.92 Å². The average molecular weight is 288 g/mol. The number of nitrogens with zero attached hydrogens (tertiary/aromatic N) is 3. The monoisotopic (exact) mass is 288 g/mol. The van der Waals surface area contributed by atoms with Crippen molar-refractivity contribution in [3.63, 3.8) is 0 Å². The first-order valence-corrected chi connectivity index (χ1v) is 7.35. The number of hydrogen-bond donors (Lipinski definition) is 2. The number of aryl methyl sites for hydroxylation is 1. The summed E-state index contributed by atoms with van der Waals surface area (Å²) in [4.78, 5) is 2.06. The number of anilines is 1. The van der Waals surface area contributed by atoms with Crippen LogP contribution in [0.25, 0.3) is 5.69 Å². The molecule has 5 nitrogen and oxygen atoms in total. The number of nitrogens with one attached hydrogen (secondary N) is 1. The second-order valence-corrected chi connectivity index (χ2v) is 5.06. The van der Waals surface area contributed by atoms with Gasteiger partial charge in [-0.25, -0.2) is 4.68 Å². The van der Waals surface area contributed by atoms with E-state index in [0.717, 1.165) is 30.3 Å². The van der Waals surface area contributed by atoms with E-state index in [0.29, 0.717) is 6.54 Å². The van der Waals surface area contributed by atoms with Crippen LogP contribution in [0.1, 0.15) is 18.2 Å². The number of benzene rings is 1. The topological polar surface area (TPSA) is 53.3 Å². The fourth-order valence-electron chi connectivity index (χ4n) is 2.40. The first-order valence-electron chi connectivity index (χ1n) is 7.35. The molecule has 1 aromatic heterocycles. The van der Waals surface area contributed by atoms with Crippen molar-refractivity contribution in [2.24, 2.45) is 0 Å². The summed E-state index contributed by atoms with van der Waals surface area (Å²) in [6.45, 7) is 6.52. The lowest BCUT2D eigenvalue weighted by atomic mass is 10.2. The lowest BCUT2D eigenvalue weighted by molar-refractivity contribution is 0.303. The van der Waals surface area contributed by atoms with Crippen molar-refractivity contribution >= 4 is 5.82 Å². The second-order valence-electron chi connectivity index (χ2n) is 5.06. The molecule has 0 saturated heterocycles. The van der Waals surface area contributed by atoms with Gasteiger partial charge in [0.2, 0.25) is 0 Å². The van der Waals surface area contributed by atoms with E-state index in [-0.39, 0.29) is 6.61 Å². The molecule has 1 aromatic carbocycles. The number of hydrogen-bond acceptors (Lipinski definition) is 4. The van der Waals surface area contributed by atoms with Gasteiger partial charge in [0.1, 0.15) is 5.82 Å². The highest BCUT2D eigenvalue weighted by atomic mass is 16.3. The maximum absolute atomic E-state index is 9.25. The van der Waals surface area contributed by atoms with Gasteiger partial charge in [0.05, 0.1) is 18.0 Å². The third kappa shape index (κ3) is 3.43. The molecule has 0 unspecified atom stereocenters. The SMILES string of the molecule is CCNCc1c(C)nn(-c2ccccc2)c1N(C)CCO. The molecule has 1 heterocycles. The molecule has 2 rings (SSSR count). The molecule has 0 aliphatic heterocycles. The van der Waals surface area contributed by atoms with Crippen LogP contribution in [0.15, 0.2) is 30.3 Å². The Kier molecular flexibility index (Phi) is 5.36. The van der Waals surface area contributed by atoms with Crippen molar-refractivity contribution in [2.75, 3.05) is 31.6 Å². The van der Waals surface area contributed by atoms with Crippen molar-refractivity contribution < 1.29 is 5.11 Å². The summed E-state index contributed by atoms with van der Waals surface area (Å²) in [5.74, 6) is 1.04. The molecule has 2 aromatic rings. The van der Waals surface area contributed by atoms with Crippen LogP contribution in [-0.4, -0.2) is 41.6 Å². The summed E-state index contributed by atoms with van der Waals surface area (Å²) in [5.41, 5.74) is 3.22. The van der Waals surface area contributed by atoms with Crippen molar-refractivity contribution in [3.05, 3.63) is 41.6 Å². The maximum Gasteiger partial charge on any atom is 0.136 e. The second kappa shape index (κ2) is 7.24. The summed E-state index contributed by atoms with van der Waals surface area (Å²) in [5, 5.41) is 17.3. The first-order chi connectivity index (χ1) is 10.2. The number of aromatic nitrogens is 2. The van der Waals surface area contributed by atoms with Gasteiger partial charge in [-0.2, -0.15) is 5.10 Å². The van der Waals surface area contributed by atoms with E-state index in [4.69, 9.17) is 5.10 Å². The Morgan fingerprint density at radius 3 is 2.62 bits per heavy atom. The Labute approximate surface area is 126 Å². The van der Waals surface area contributed by atoms with Gasteiger partial charge in [-0.05, 0) is 25.6 Å². The van der Waals surface area contributed by atoms with Crippen molar-refractivity contribution in [3.8, 4) is 5.69 Å². The van der Waals surface area contributed by atoms with Crippen molar-refractivity contribution in [1.82, 2.24) is 15.1 Å². The highest BCUT2D eigenvalue weighted by Gasteiger charge is 2.19. The fraction of sp³-hybridized carbons (Fsp3) is 0.438. The minimum absolute atomic E-state index is 0.121. The van der Waals surface area contributed by atoms with Gasteiger partial charge in [0, 0.05) is 25.7 Å². The number of aliphatic hydroxyl groups is 1. The number of rotatable bonds is 7. The summed E-state index contributed by atoms with van der Waals surface area (Å²) in [6, 6.07) is 10.1. The van der Waals surface area contributed by atoms with Gasteiger partial charge in [0.25, 0.3) is 0 Å². The van der Waals surface area contributed by atoms with E-state index in [9.17, 15) is 5.11 Å². The van der Waals surface area contributed by atoms with E-state index >= 15 is 0 Å². The van der Waals surface area contributed by atoms with Crippen LogP contribution in [0.2, 0.25) is 0 Å². The quantitative estimate of drug-likeness (QED) is 0.814. The summed E-state index contributed by atoms with van der Waals surface area (Å²) < 4.78 is 1.96. The summed E-state index contributed by atoms with van der Waals surface area (Å²) in [6.07, 6.45) is 0. The van der Waals surface area contributed by atoms with E-state index in [1.165, 1.54) is 5.56 Å². The summed E-state index contributed by atoms with van der Waals surface area (Å²) >= 11 is 0. The van der Waals surface area contributed by atoms with E-state index in [1.54, 1.807) is 0 Å². The standard InChI is InChI=1S/C16H24N4O/c1-4-17-12-15-13(2)18-20(14-8-6-5-7-9-14)16(15)19(3)10-11-21/h5-9,17,21H,4,10-12H2,1-3H3. The molecule has 0 aliphatic rings. The minimum atomic E-state index is 0.121. The molecule has 2 N–H and O–H groups in total. The minimum Gasteiger partial charge on any atom is -0.395 e. The zero-order valence-electron chi connectivity index (χ0n) is 13.0. The first kappa shape index (κ1) is 15.5. The zero-order chi connectivity index (χ0) is 15.2. The molecular weight excluding hydrogens is 264 g/mol. The molecule has 0 aliphatic carbocycles. The molecular formula is C16H24N4O. The van der Waals surface area contributed by atoms with E-state index < -0.39 is 0 Å². The van der Waals surface area contributed by atoms with Crippen LogP contribution >= 0.6 is 0 Å². The van der Waals surface area contributed by atoms with Crippen LogP contribution in [0.3, 0.4) is 0 Å². The number of likely N-dealkylation sites (N-methyl/N-ethyl adjacent to an activating group) is 1.